The molecule has 0 radical (unpaired) electrons. The fraction of sp³-hybridized carbons (Fsp3) is 1.00. The van der Waals surface area contributed by atoms with Gasteiger partial charge in [0.2, 0.25) is 0 Å². The monoisotopic (exact) mass is 227 g/mol. The van der Waals surface area contributed by atoms with Crippen LogP contribution in [0.25, 0.3) is 0 Å². The van der Waals surface area contributed by atoms with E-state index in [4.69, 9.17) is 4.74 Å². The Morgan fingerprint density at radius 2 is 2.06 bits per heavy atom. The van der Waals surface area contributed by atoms with Crippen LogP contribution < -0.4 is 5.32 Å². The van der Waals surface area contributed by atoms with E-state index in [1.165, 1.54) is 32.1 Å². The summed E-state index contributed by atoms with van der Waals surface area (Å²) in [5.74, 6) is 0.794. The van der Waals surface area contributed by atoms with Crippen LogP contribution in [0.2, 0.25) is 0 Å². The van der Waals surface area contributed by atoms with E-state index in [-0.39, 0.29) is 0 Å². The summed E-state index contributed by atoms with van der Waals surface area (Å²) in [5, 5.41) is 3.56. The summed E-state index contributed by atoms with van der Waals surface area (Å²) in [6, 6.07) is 0.600. The van der Waals surface area contributed by atoms with Crippen molar-refractivity contribution < 1.29 is 4.74 Å². The van der Waals surface area contributed by atoms with Gasteiger partial charge in [0.15, 0.2) is 0 Å². The molecule has 0 amide bonds. The Hall–Kier alpha value is -0.0800. The molecule has 1 heterocycles. The van der Waals surface area contributed by atoms with Crippen LogP contribution in [0.3, 0.4) is 0 Å². The number of nitrogens with one attached hydrogen (secondary N) is 1. The average Bonchev–Trinajstić information content (AvgIpc) is 2.61. The highest BCUT2D eigenvalue weighted by Crippen LogP contribution is 2.26. The second-order valence-electron chi connectivity index (χ2n) is 5.60. The van der Waals surface area contributed by atoms with E-state index in [0.717, 1.165) is 12.5 Å². The molecule has 0 aromatic carbocycles. The van der Waals surface area contributed by atoms with Gasteiger partial charge in [0, 0.05) is 6.04 Å². The van der Waals surface area contributed by atoms with Gasteiger partial charge in [0.05, 0.1) is 12.2 Å². The van der Waals surface area contributed by atoms with Gasteiger partial charge in [0.25, 0.3) is 0 Å². The summed E-state index contributed by atoms with van der Waals surface area (Å²) in [6.45, 7) is 10.1. The quantitative estimate of drug-likeness (QED) is 0.720. The fourth-order valence-electron chi connectivity index (χ4n) is 2.54. The van der Waals surface area contributed by atoms with Gasteiger partial charge in [0.1, 0.15) is 0 Å². The van der Waals surface area contributed by atoms with E-state index in [9.17, 15) is 0 Å². The summed E-state index contributed by atoms with van der Waals surface area (Å²) < 4.78 is 5.92. The van der Waals surface area contributed by atoms with Crippen molar-refractivity contribution in [3.8, 4) is 0 Å². The molecule has 96 valence electrons. The van der Waals surface area contributed by atoms with Gasteiger partial charge in [-0.25, -0.2) is 0 Å². The summed E-state index contributed by atoms with van der Waals surface area (Å²) >= 11 is 0. The molecular formula is C14H29NO. The Labute approximate surface area is 101 Å². The van der Waals surface area contributed by atoms with Crippen molar-refractivity contribution in [3.05, 3.63) is 0 Å². The molecule has 0 spiro atoms. The molecule has 1 aliphatic rings. The van der Waals surface area contributed by atoms with Crippen molar-refractivity contribution in [1.82, 2.24) is 5.32 Å². The zero-order valence-corrected chi connectivity index (χ0v) is 11.5. The van der Waals surface area contributed by atoms with Crippen molar-refractivity contribution in [2.24, 2.45) is 5.92 Å². The summed E-state index contributed by atoms with van der Waals surface area (Å²) in [7, 11) is 0. The molecule has 3 atom stereocenters. The van der Waals surface area contributed by atoms with Crippen molar-refractivity contribution in [3.63, 3.8) is 0 Å². The second kappa shape index (κ2) is 7.29. The Bertz CT molecular complexity index is 182. The topological polar surface area (TPSA) is 21.3 Å². The van der Waals surface area contributed by atoms with Crippen LogP contribution in [0.4, 0.5) is 0 Å². The minimum Gasteiger partial charge on any atom is -0.375 e. The maximum atomic E-state index is 5.92. The van der Waals surface area contributed by atoms with E-state index >= 15 is 0 Å². The second-order valence-corrected chi connectivity index (χ2v) is 5.60. The number of hydrogen-bond acceptors (Lipinski definition) is 2. The largest absolute Gasteiger partial charge is 0.375 e. The van der Waals surface area contributed by atoms with Gasteiger partial charge in [-0.2, -0.15) is 0 Å². The molecule has 1 rings (SSSR count). The van der Waals surface area contributed by atoms with Crippen LogP contribution >= 0.6 is 0 Å². The van der Waals surface area contributed by atoms with E-state index in [1.54, 1.807) is 0 Å². The van der Waals surface area contributed by atoms with Gasteiger partial charge >= 0.3 is 0 Å². The van der Waals surface area contributed by atoms with Crippen molar-refractivity contribution in [1.29, 1.82) is 0 Å². The lowest BCUT2D eigenvalue weighted by Crippen LogP contribution is -2.30. The molecule has 1 saturated heterocycles. The van der Waals surface area contributed by atoms with Gasteiger partial charge in [-0.15, -0.1) is 0 Å². The van der Waals surface area contributed by atoms with Crippen molar-refractivity contribution >= 4 is 0 Å². The molecule has 2 nitrogen and oxygen atoms in total. The normalized spacial score (nSPS) is 27.6. The molecule has 0 aliphatic carbocycles. The van der Waals surface area contributed by atoms with Gasteiger partial charge < -0.3 is 10.1 Å². The Morgan fingerprint density at radius 3 is 2.56 bits per heavy atom. The molecule has 1 fully saturated rings. The van der Waals surface area contributed by atoms with E-state index < -0.39 is 0 Å². The first-order valence-electron chi connectivity index (χ1n) is 7.00. The van der Waals surface area contributed by atoms with Crippen LogP contribution in [-0.2, 0) is 4.74 Å². The molecule has 0 bridgehead atoms. The highest BCUT2D eigenvalue weighted by molar-refractivity contribution is 4.75. The van der Waals surface area contributed by atoms with Gasteiger partial charge in [-0.1, -0.05) is 27.2 Å². The molecule has 1 aliphatic heterocycles. The molecular weight excluding hydrogens is 198 g/mol. The first kappa shape index (κ1) is 14.0. The number of rotatable bonds is 7. The van der Waals surface area contributed by atoms with Gasteiger partial charge in [-0.3, -0.25) is 0 Å². The number of ether oxygens (including phenoxy) is 1. The smallest absolute Gasteiger partial charge is 0.0582 e. The predicted molar refractivity (Wildman–Crippen MR) is 69.7 cm³/mol. The van der Waals surface area contributed by atoms with Crippen LogP contribution in [0.15, 0.2) is 0 Å². The van der Waals surface area contributed by atoms with Crippen molar-refractivity contribution in [2.45, 2.75) is 78.0 Å². The fourth-order valence-corrected chi connectivity index (χ4v) is 2.54. The Morgan fingerprint density at radius 1 is 1.31 bits per heavy atom. The zero-order valence-electron chi connectivity index (χ0n) is 11.5. The Kier molecular flexibility index (Phi) is 6.37. The third-order valence-corrected chi connectivity index (χ3v) is 3.43. The third kappa shape index (κ3) is 5.31. The summed E-state index contributed by atoms with van der Waals surface area (Å²) in [5.41, 5.74) is 0. The van der Waals surface area contributed by atoms with Crippen LogP contribution in [0, 0.1) is 5.92 Å². The molecule has 3 unspecified atom stereocenters. The van der Waals surface area contributed by atoms with E-state index in [2.05, 4.69) is 33.0 Å². The average molecular weight is 227 g/mol. The lowest BCUT2D eigenvalue weighted by Gasteiger charge is -2.22. The minimum atomic E-state index is 0.491. The standard InChI is InChI=1S/C14H29NO/c1-5-6-13(10-15-11(2)3)9-14-8-7-12(4)16-14/h11-15H,5-10H2,1-4H3. The molecule has 0 aromatic rings. The summed E-state index contributed by atoms with van der Waals surface area (Å²) in [6.07, 6.45) is 7.40. The summed E-state index contributed by atoms with van der Waals surface area (Å²) in [4.78, 5) is 0. The third-order valence-electron chi connectivity index (χ3n) is 3.43. The molecule has 2 heteroatoms. The molecule has 0 saturated carbocycles. The number of hydrogen-bond donors (Lipinski definition) is 1. The highest BCUT2D eigenvalue weighted by Gasteiger charge is 2.24. The van der Waals surface area contributed by atoms with Crippen LogP contribution in [0.1, 0.15) is 59.8 Å². The predicted octanol–water partition coefficient (Wildman–Crippen LogP) is 3.36. The van der Waals surface area contributed by atoms with Crippen molar-refractivity contribution in [2.75, 3.05) is 6.54 Å². The zero-order chi connectivity index (χ0) is 12.0. The lowest BCUT2D eigenvalue weighted by molar-refractivity contribution is 0.0397. The van der Waals surface area contributed by atoms with E-state index in [0.29, 0.717) is 18.2 Å². The maximum Gasteiger partial charge on any atom is 0.0582 e. The SMILES string of the molecule is CCCC(CNC(C)C)CC1CCC(C)O1. The lowest BCUT2D eigenvalue weighted by atomic mass is 9.95. The van der Waals surface area contributed by atoms with Crippen LogP contribution in [-0.4, -0.2) is 24.8 Å². The first-order valence-corrected chi connectivity index (χ1v) is 7.00. The maximum absolute atomic E-state index is 5.92. The molecule has 0 aromatic heterocycles. The highest BCUT2D eigenvalue weighted by atomic mass is 16.5. The molecule has 1 N–H and O–H groups in total. The van der Waals surface area contributed by atoms with Crippen LogP contribution in [0.5, 0.6) is 0 Å². The Balaban J connectivity index is 2.26. The minimum absolute atomic E-state index is 0.491. The first-order chi connectivity index (χ1) is 7.61. The van der Waals surface area contributed by atoms with Gasteiger partial charge in [-0.05, 0) is 45.1 Å². The van der Waals surface area contributed by atoms with E-state index in [1.807, 2.05) is 0 Å². The molecule has 16 heavy (non-hydrogen) atoms.